The number of nitriles is 1. The van der Waals surface area contributed by atoms with Crippen molar-refractivity contribution in [2.75, 3.05) is 11.4 Å². The smallest absolute Gasteiger partial charge is 0.101 e. The molecule has 3 nitrogen and oxygen atoms in total. The predicted octanol–water partition coefficient (Wildman–Crippen LogP) is 2.58. The Bertz CT molecular complexity index is 402. The van der Waals surface area contributed by atoms with Crippen molar-refractivity contribution in [3.8, 4) is 6.07 Å². The van der Waals surface area contributed by atoms with Crippen molar-refractivity contribution in [2.45, 2.75) is 32.7 Å². The van der Waals surface area contributed by atoms with Crippen LogP contribution in [0.15, 0.2) is 18.5 Å². The van der Waals surface area contributed by atoms with Crippen LogP contribution in [0.4, 0.5) is 5.69 Å². The van der Waals surface area contributed by atoms with E-state index < -0.39 is 0 Å². The second kappa shape index (κ2) is 4.52. The molecule has 0 N–H and O–H groups in total. The Morgan fingerprint density at radius 2 is 2.31 bits per heavy atom. The normalized spacial score (nSPS) is 14.9. The van der Waals surface area contributed by atoms with Gasteiger partial charge in [0.05, 0.1) is 17.4 Å². The summed E-state index contributed by atoms with van der Waals surface area (Å²) < 4.78 is 0. The molecule has 0 aliphatic heterocycles. The first kappa shape index (κ1) is 10.9. The van der Waals surface area contributed by atoms with E-state index in [-0.39, 0.29) is 0 Å². The number of aromatic nitrogens is 1. The maximum absolute atomic E-state index is 9.09. The summed E-state index contributed by atoms with van der Waals surface area (Å²) in [7, 11) is 0. The first-order chi connectivity index (χ1) is 7.72. The molecule has 1 saturated carbocycles. The number of rotatable bonds is 4. The van der Waals surface area contributed by atoms with Crippen molar-refractivity contribution in [1.29, 1.82) is 5.26 Å². The monoisotopic (exact) mass is 215 g/mol. The molecule has 1 aromatic heterocycles. The van der Waals surface area contributed by atoms with E-state index in [0.29, 0.717) is 6.04 Å². The van der Waals surface area contributed by atoms with Gasteiger partial charge in [-0.2, -0.15) is 5.26 Å². The predicted molar refractivity (Wildman–Crippen MR) is 64.2 cm³/mol. The summed E-state index contributed by atoms with van der Waals surface area (Å²) in [6.07, 6.45) is 6.13. The zero-order chi connectivity index (χ0) is 11.5. The third-order valence-electron chi connectivity index (χ3n) is 3.01. The van der Waals surface area contributed by atoms with Crippen molar-refractivity contribution in [3.05, 3.63) is 24.0 Å². The van der Waals surface area contributed by atoms with Crippen molar-refractivity contribution < 1.29 is 0 Å². The maximum Gasteiger partial charge on any atom is 0.101 e. The van der Waals surface area contributed by atoms with Crippen LogP contribution in [0.1, 0.15) is 32.3 Å². The summed E-state index contributed by atoms with van der Waals surface area (Å²) >= 11 is 0. The van der Waals surface area contributed by atoms with E-state index in [1.165, 1.54) is 12.8 Å². The lowest BCUT2D eigenvalue weighted by molar-refractivity contribution is 0.643. The summed E-state index contributed by atoms with van der Waals surface area (Å²) in [6, 6.07) is 4.45. The summed E-state index contributed by atoms with van der Waals surface area (Å²) in [6.45, 7) is 5.38. The Balaban J connectivity index is 2.26. The Morgan fingerprint density at radius 1 is 1.56 bits per heavy atom. The molecular formula is C13H17N3. The van der Waals surface area contributed by atoms with Gasteiger partial charge in [-0.25, -0.2) is 0 Å². The highest BCUT2D eigenvalue weighted by atomic mass is 15.2. The topological polar surface area (TPSA) is 39.9 Å². The van der Waals surface area contributed by atoms with E-state index in [9.17, 15) is 0 Å². The molecule has 0 radical (unpaired) electrons. The summed E-state index contributed by atoms with van der Waals surface area (Å²) in [5.74, 6) is 0.814. The van der Waals surface area contributed by atoms with E-state index in [0.717, 1.165) is 23.7 Å². The Labute approximate surface area is 96.7 Å². The van der Waals surface area contributed by atoms with Gasteiger partial charge in [-0.05, 0) is 38.7 Å². The highest BCUT2D eigenvalue weighted by molar-refractivity contribution is 5.58. The Hall–Kier alpha value is -1.56. The molecule has 0 atom stereocenters. The fraction of sp³-hybridized carbons (Fsp3) is 0.538. The van der Waals surface area contributed by atoms with Crippen LogP contribution in [0.5, 0.6) is 0 Å². The molecule has 0 aromatic carbocycles. The van der Waals surface area contributed by atoms with E-state index in [1.54, 1.807) is 18.5 Å². The molecule has 1 aliphatic rings. The van der Waals surface area contributed by atoms with Gasteiger partial charge in [-0.15, -0.1) is 0 Å². The number of hydrogen-bond donors (Lipinski definition) is 0. The highest BCUT2D eigenvalue weighted by Crippen LogP contribution is 2.32. The molecule has 0 saturated heterocycles. The molecule has 3 heteroatoms. The van der Waals surface area contributed by atoms with E-state index in [1.807, 2.05) is 0 Å². The fourth-order valence-corrected chi connectivity index (χ4v) is 1.88. The molecule has 1 aromatic rings. The minimum atomic E-state index is 0.414. The number of pyridine rings is 1. The van der Waals surface area contributed by atoms with Crippen molar-refractivity contribution in [3.63, 3.8) is 0 Å². The van der Waals surface area contributed by atoms with Gasteiger partial charge in [0, 0.05) is 18.8 Å². The maximum atomic E-state index is 9.09. The van der Waals surface area contributed by atoms with Gasteiger partial charge >= 0.3 is 0 Å². The molecule has 1 aliphatic carbocycles. The van der Waals surface area contributed by atoms with Gasteiger partial charge in [0.2, 0.25) is 0 Å². The molecular weight excluding hydrogens is 198 g/mol. The molecule has 84 valence electrons. The SMILES string of the molecule is CC(C)N(CC1CC1)c1cnccc1C#N. The first-order valence-electron chi connectivity index (χ1n) is 5.83. The van der Waals surface area contributed by atoms with Crippen LogP contribution < -0.4 is 4.90 Å². The number of anilines is 1. The number of hydrogen-bond acceptors (Lipinski definition) is 3. The first-order valence-corrected chi connectivity index (χ1v) is 5.83. The van der Waals surface area contributed by atoms with Gasteiger partial charge in [0.15, 0.2) is 0 Å². The van der Waals surface area contributed by atoms with Crippen LogP contribution in [0.25, 0.3) is 0 Å². The highest BCUT2D eigenvalue weighted by Gasteiger charge is 2.26. The Morgan fingerprint density at radius 3 is 2.88 bits per heavy atom. The minimum Gasteiger partial charge on any atom is -0.367 e. The van der Waals surface area contributed by atoms with E-state index >= 15 is 0 Å². The fourth-order valence-electron chi connectivity index (χ4n) is 1.88. The van der Waals surface area contributed by atoms with Crippen LogP contribution in [0.2, 0.25) is 0 Å². The van der Waals surface area contributed by atoms with Crippen LogP contribution in [-0.2, 0) is 0 Å². The van der Waals surface area contributed by atoms with Crippen molar-refractivity contribution in [2.24, 2.45) is 5.92 Å². The third-order valence-corrected chi connectivity index (χ3v) is 3.01. The molecule has 0 spiro atoms. The third kappa shape index (κ3) is 2.33. The van der Waals surface area contributed by atoms with Crippen LogP contribution in [0.3, 0.4) is 0 Å². The van der Waals surface area contributed by atoms with Crippen LogP contribution in [0, 0.1) is 17.2 Å². The second-order valence-electron chi connectivity index (χ2n) is 4.69. The van der Waals surface area contributed by atoms with Crippen molar-refractivity contribution in [1.82, 2.24) is 4.98 Å². The van der Waals surface area contributed by atoms with Gasteiger partial charge in [-0.1, -0.05) is 0 Å². The van der Waals surface area contributed by atoms with Gasteiger partial charge in [0.25, 0.3) is 0 Å². The van der Waals surface area contributed by atoms with Gasteiger partial charge in [0.1, 0.15) is 6.07 Å². The lowest BCUT2D eigenvalue weighted by atomic mass is 10.1. The minimum absolute atomic E-state index is 0.414. The molecule has 0 amide bonds. The quantitative estimate of drug-likeness (QED) is 0.775. The molecule has 16 heavy (non-hydrogen) atoms. The molecule has 0 bridgehead atoms. The average Bonchev–Trinajstić information content (AvgIpc) is 3.09. The largest absolute Gasteiger partial charge is 0.367 e. The molecule has 0 unspecified atom stereocenters. The van der Waals surface area contributed by atoms with Crippen molar-refractivity contribution >= 4 is 5.69 Å². The summed E-state index contributed by atoms with van der Waals surface area (Å²) in [5, 5.41) is 9.09. The lowest BCUT2D eigenvalue weighted by Crippen LogP contribution is -2.33. The summed E-state index contributed by atoms with van der Waals surface area (Å²) in [4.78, 5) is 6.43. The zero-order valence-corrected chi connectivity index (χ0v) is 9.85. The van der Waals surface area contributed by atoms with Crippen LogP contribution >= 0.6 is 0 Å². The van der Waals surface area contributed by atoms with Crippen LogP contribution in [-0.4, -0.2) is 17.6 Å². The summed E-state index contributed by atoms with van der Waals surface area (Å²) in [5.41, 5.74) is 1.70. The van der Waals surface area contributed by atoms with Gasteiger partial charge in [-0.3, -0.25) is 4.98 Å². The molecule has 1 heterocycles. The Kier molecular flexibility index (Phi) is 3.09. The standard InChI is InChI=1S/C13H17N3/c1-10(2)16(9-11-3-4-11)13-8-15-6-5-12(13)7-14/h5-6,8,10-11H,3-4,9H2,1-2H3. The molecule has 1 fully saturated rings. The molecule has 2 rings (SSSR count). The average molecular weight is 215 g/mol. The van der Waals surface area contributed by atoms with E-state index in [2.05, 4.69) is 29.8 Å². The zero-order valence-electron chi connectivity index (χ0n) is 9.85. The van der Waals surface area contributed by atoms with E-state index in [4.69, 9.17) is 5.26 Å². The lowest BCUT2D eigenvalue weighted by Gasteiger charge is -2.29. The van der Waals surface area contributed by atoms with Gasteiger partial charge < -0.3 is 4.90 Å². The number of nitrogens with zero attached hydrogens (tertiary/aromatic N) is 3. The second-order valence-corrected chi connectivity index (χ2v) is 4.69.